The zero-order valence-electron chi connectivity index (χ0n) is 0.577. The molecule has 0 aliphatic carbocycles. The molecule has 0 saturated heterocycles. The molecular weight excluding hydrogens is 43.2 g/mol. The summed E-state index contributed by atoms with van der Waals surface area (Å²) in [5.74, 6) is 0. The first-order valence-electron chi connectivity index (χ1n) is 0. The van der Waals surface area contributed by atoms with E-state index in [4.69, 9.17) is 0 Å². The van der Waals surface area contributed by atoms with Crippen LogP contribution >= 0.6 is 0 Å². The van der Waals surface area contributed by atoms with E-state index in [2.05, 4.69) is 0 Å². The van der Waals surface area contributed by atoms with Crippen molar-refractivity contribution in [2.24, 2.45) is 0 Å². The van der Waals surface area contributed by atoms with Crippen molar-refractivity contribution in [2.75, 3.05) is 0 Å². The fourth-order valence-corrected chi connectivity index (χ4v) is 0. The predicted octanol–water partition coefficient (Wildman–Crippen LogP) is -3.93. The Hall–Kier alpha value is 0.260. The van der Waals surface area contributed by atoms with Crippen molar-refractivity contribution in [1.29, 1.82) is 0 Å². The maximum absolute atomic E-state index is 1.58. The molecule has 0 spiro atoms. The molecule has 0 aromatic heterocycles. The fourth-order valence-electron chi connectivity index (χ4n) is 0. The van der Waals surface area contributed by atoms with Gasteiger partial charge in [0.15, 0.2) is 0 Å². The number of hydrogen-bond donors (Lipinski definition) is 0. The van der Waals surface area contributed by atoms with Crippen LogP contribution in [0.3, 0.4) is 0 Å². The average molecular weight is 52.3 g/mol. The number of rotatable bonds is 0. The van der Waals surface area contributed by atoms with Crippen LogP contribution < -0.4 is 0 Å². The minimum atomic E-state index is 0.917. The molecular formula is H9B4-3. The molecule has 0 rings (SSSR count). The Labute approximate surface area is 30.6 Å². The van der Waals surface area contributed by atoms with E-state index < -0.39 is 0 Å². The van der Waals surface area contributed by atoms with E-state index in [0.29, 0.717) is 0 Å². The third-order valence-corrected chi connectivity index (χ3v) is 0. The van der Waals surface area contributed by atoms with Crippen LogP contribution in [0.5, 0.6) is 0 Å². The molecule has 0 aromatic carbocycles. The van der Waals surface area contributed by atoms with Crippen LogP contribution in [0.4, 0.5) is 0 Å². The fraction of sp³-hybridized carbons (Fsp3) is 0. The summed E-state index contributed by atoms with van der Waals surface area (Å²) in [4.78, 5) is 0. The summed E-state index contributed by atoms with van der Waals surface area (Å²) in [6.07, 6.45) is 1.58. The minimum absolute atomic E-state index is 0.917. The van der Waals surface area contributed by atoms with E-state index >= 15 is 0 Å². The molecule has 0 radical (unpaired) electrons. The molecule has 4 heavy (non-hydrogen) atoms. The van der Waals surface area contributed by atoms with Gasteiger partial charge in [-0.05, 0) is 0 Å². The highest BCUT2D eigenvalue weighted by molar-refractivity contribution is 7.49. The SMILES string of the molecule is [BH3-]B([BH3-])[BH3-]. The summed E-state index contributed by atoms with van der Waals surface area (Å²) < 4.78 is 0. The van der Waals surface area contributed by atoms with Crippen LogP contribution in [0.1, 0.15) is 0 Å². The van der Waals surface area contributed by atoms with Gasteiger partial charge in [0.05, 0.1) is 0 Å². The molecule has 0 aliphatic rings. The second-order valence-electron chi connectivity index (χ2n) is 0. The molecule has 0 saturated carbocycles. The monoisotopic (exact) mass is 53.1 g/mol. The minimum Gasteiger partial charge on any atom is -0.401 e. The van der Waals surface area contributed by atoms with Gasteiger partial charge >= 0.3 is 0 Å². The Balaban J connectivity index is 2.32. The van der Waals surface area contributed by atoms with Crippen LogP contribution in [-0.4, -0.2) is 29.6 Å². The van der Waals surface area contributed by atoms with E-state index in [0.717, 1.165) is 23.2 Å². The lowest BCUT2D eigenvalue weighted by atomic mass is 9.08. The van der Waals surface area contributed by atoms with E-state index in [9.17, 15) is 0 Å². The first-order valence-corrected chi connectivity index (χ1v) is 0. The van der Waals surface area contributed by atoms with Crippen LogP contribution in [0.15, 0.2) is 0 Å². The molecule has 0 atom stereocenters. The molecule has 0 heterocycles. The third kappa shape index (κ3) is 53.2. The van der Waals surface area contributed by atoms with Crippen molar-refractivity contribution in [1.82, 2.24) is 0 Å². The highest BCUT2D eigenvalue weighted by atomic mass is 12.5. The van der Waals surface area contributed by atoms with Gasteiger partial charge in [-0.15, -0.1) is 23.2 Å². The van der Waals surface area contributed by atoms with Gasteiger partial charge in [-0.25, -0.2) is 0 Å². The Morgan fingerprint density at radius 1 is 1.00 bits per heavy atom. The molecule has 0 nitrogen and oxygen atoms in total. The normalized spacial score (nSPS) is 6.75. The Morgan fingerprint density at radius 3 is 1.00 bits per heavy atom. The van der Waals surface area contributed by atoms with Crippen LogP contribution in [0.2, 0.25) is 0 Å². The largest absolute Gasteiger partial charge is 0.401 e. The van der Waals surface area contributed by atoms with Gasteiger partial charge in [0.25, 0.3) is 0 Å². The van der Waals surface area contributed by atoms with Crippen molar-refractivity contribution < 1.29 is 0 Å². The van der Waals surface area contributed by atoms with Crippen LogP contribution in [-0.2, 0) is 0 Å². The van der Waals surface area contributed by atoms with Crippen molar-refractivity contribution in [3.63, 3.8) is 0 Å². The third-order valence-electron chi connectivity index (χ3n) is 0. The lowest BCUT2D eigenvalue weighted by molar-refractivity contribution is 4.02. The van der Waals surface area contributed by atoms with Gasteiger partial charge in [0.1, 0.15) is 0 Å². The molecule has 24 valence electrons. The van der Waals surface area contributed by atoms with Crippen molar-refractivity contribution in [3.8, 4) is 0 Å². The average Bonchev–Trinajstić information content (AvgIpc) is 0.811. The molecule has 0 aliphatic heterocycles. The zero-order valence-corrected chi connectivity index (χ0v) is 0.577. The molecule has 0 N–H and O–H groups in total. The summed E-state index contributed by atoms with van der Waals surface area (Å²) in [5.41, 5.74) is 0. The summed E-state index contributed by atoms with van der Waals surface area (Å²) in [6, 6.07) is 0. The van der Waals surface area contributed by atoms with Crippen LogP contribution in [0.25, 0.3) is 0 Å². The highest BCUT2D eigenvalue weighted by Gasteiger charge is 1.47. The van der Waals surface area contributed by atoms with E-state index in [1.165, 1.54) is 0 Å². The molecule has 0 bridgehead atoms. The quantitative estimate of drug-likeness (QED) is 0.247. The van der Waals surface area contributed by atoms with Crippen molar-refractivity contribution in [3.05, 3.63) is 0 Å². The first kappa shape index (κ1) is 4.26. The van der Waals surface area contributed by atoms with Gasteiger partial charge in [0, 0.05) is 0 Å². The predicted molar refractivity (Wildman–Crippen MR) is 35.6 cm³/mol. The highest BCUT2D eigenvalue weighted by Crippen LogP contribution is 1.35. The second kappa shape index (κ2) is 1.57. The van der Waals surface area contributed by atoms with Gasteiger partial charge < -0.3 is 6.39 Å². The van der Waals surface area contributed by atoms with Crippen molar-refractivity contribution >= 4 is 29.6 Å². The van der Waals surface area contributed by atoms with Gasteiger partial charge in [-0.1, -0.05) is 0 Å². The van der Waals surface area contributed by atoms with Crippen LogP contribution in [0, 0.1) is 0 Å². The summed E-state index contributed by atoms with van der Waals surface area (Å²) in [5, 5.41) is 0. The second-order valence-corrected chi connectivity index (χ2v) is 0. The van der Waals surface area contributed by atoms with E-state index in [1.807, 2.05) is 0 Å². The molecule has 0 aromatic rings. The first-order chi connectivity index (χ1) is 1.73. The Bertz CT molecular complexity index is 4.75. The van der Waals surface area contributed by atoms with Crippen molar-refractivity contribution in [2.45, 2.75) is 0 Å². The smallest absolute Gasteiger partial charge is 0.134 e. The standard InChI is InChI=1S/B4H9/c1-4(2)3/h1-3H3/q-3. The zero-order chi connectivity index (χ0) is 3.58. The molecule has 0 fully saturated rings. The Morgan fingerprint density at radius 2 is 1.00 bits per heavy atom. The molecule has 0 unspecified atom stereocenters. The summed E-state index contributed by atoms with van der Waals surface area (Å²) in [6.45, 7) is 0. The Kier molecular flexibility index (Phi) is 1.67. The summed E-state index contributed by atoms with van der Waals surface area (Å²) >= 11 is 0. The maximum atomic E-state index is 1.58. The lowest BCUT2D eigenvalue weighted by Crippen LogP contribution is -2.11. The van der Waals surface area contributed by atoms with Gasteiger partial charge in [0.2, 0.25) is 0 Å². The lowest BCUT2D eigenvalue weighted by Gasteiger charge is -2.00. The molecule has 4 heteroatoms. The topological polar surface area (TPSA) is 0 Å². The molecule has 0 amide bonds. The van der Waals surface area contributed by atoms with Gasteiger partial charge in [-0.3, -0.25) is 0 Å². The number of hydrogen-bond acceptors (Lipinski definition) is 0. The maximum Gasteiger partial charge on any atom is -0.134 e. The van der Waals surface area contributed by atoms with E-state index in [1.54, 1.807) is 6.39 Å². The van der Waals surface area contributed by atoms with Gasteiger partial charge in [-0.2, -0.15) is 0 Å². The summed E-state index contributed by atoms with van der Waals surface area (Å²) in [7, 11) is 2.75. The van der Waals surface area contributed by atoms with E-state index in [-0.39, 0.29) is 0 Å².